The van der Waals surface area contributed by atoms with Crippen LogP contribution in [-0.2, 0) is 26.5 Å². The number of ether oxygens (including phenoxy) is 1. The number of carbonyl (C=O) groups excluding carboxylic acids is 3. The number of aliphatic hydroxyl groups is 1. The Kier molecular flexibility index (Phi) is 6.39. The third kappa shape index (κ3) is 4.52. The van der Waals surface area contributed by atoms with Gasteiger partial charge in [-0.15, -0.1) is 0 Å². The standard InChI is InChI=1S/C23H19BrF4N2O5/c1-12(23(26,27)28)29(10-13-2-5-15(25)6-3-13)19(32)11-30-20(33)22(35-21(30)34)9-18(31)16-8-14(24)4-7-17(16)22/h2-8,12,18,31H,9-11H2,1H3/t12-,18-,22-/m0/s1. The van der Waals surface area contributed by atoms with E-state index in [9.17, 15) is 37.1 Å². The summed E-state index contributed by atoms with van der Waals surface area (Å²) in [6, 6.07) is 6.95. The van der Waals surface area contributed by atoms with Gasteiger partial charge in [0.05, 0.1) is 6.10 Å². The molecule has 12 heteroatoms. The van der Waals surface area contributed by atoms with E-state index in [1.165, 1.54) is 18.2 Å². The van der Waals surface area contributed by atoms with E-state index >= 15 is 0 Å². The number of alkyl halides is 3. The number of nitrogens with zero attached hydrogens (tertiary/aromatic N) is 2. The summed E-state index contributed by atoms with van der Waals surface area (Å²) in [5.74, 6) is -2.70. The predicted octanol–water partition coefficient (Wildman–Crippen LogP) is 4.18. The van der Waals surface area contributed by atoms with Gasteiger partial charge in [0.15, 0.2) is 0 Å². The SMILES string of the molecule is C[C@H](N(Cc1ccc(F)cc1)C(=O)CN1C(=O)O[C@]2(C[C@H](O)c3cc(Br)ccc32)C1=O)C(F)(F)F. The molecule has 1 aliphatic carbocycles. The zero-order chi connectivity index (χ0) is 25.7. The Balaban J connectivity index is 1.60. The Labute approximate surface area is 205 Å². The van der Waals surface area contributed by atoms with Gasteiger partial charge in [0.25, 0.3) is 5.91 Å². The quantitative estimate of drug-likeness (QED) is 0.556. The van der Waals surface area contributed by atoms with Crippen LogP contribution in [0, 0.1) is 5.82 Å². The number of rotatable bonds is 5. The van der Waals surface area contributed by atoms with Crippen LogP contribution in [0.5, 0.6) is 0 Å². The maximum absolute atomic E-state index is 13.5. The molecule has 2 aromatic carbocycles. The molecule has 0 radical (unpaired) electrons. The van der Waals surface area contributed by atoms with Gasteiger partial charge in [0, 0.05) is 23.0 Å². The summed E-state index contributed by atoms with van der Waals surface area (Å²) in [6.45, 7) is -0.755. The Morgan fingerprint density at radius 3 is 2.54 bits per heavy atom. The molecule has 1 saturated heterocycles. The van der Waals surface area contributed by atoms with Crippen LogP contribution in [0.1, 0.15) is 36.1 Å². The van der Waals surface area contributed by atoms with E-state index in [4.69, 9.17) is 4.74 Å². The van der Waals surface area contributed by atoms with E-state index in [-0.39, 0.29) is 17.5 Å². The van der Waals surface area contributed by atoms with Crippen molar-refractivity contribution < 1.29 is 41.8 Å². The Morgan fingerprint density at radius 2 is 1.91 bits per heavy atom. The second-order valence-corrected chi connectivity index (χ2v) is 9.32. The molecule has 0 saturated carbocycles. The van der Waals surface area contributed by atoms with E-state index in [0.717, 1.165) is 19.1 Å². The minimum absolute atomic E-state index is 0.223. The fourth-order valence-electron chi connectivity index (χ4n) is 4.28. The Morgan fingerprint density at radius 1 is 1.26 bits per heavy atom. The van der Waals surface area contributed by atoms with Crippen molar-refractivity contribution >= 4 is 33.8 Å². The zero-order valence-corrected chi connectivity index (χ0v) is 19.8. The lowest BCUT2D eigenvalue weighted by Gasteiger charge is -2.31. The number of hydrogen-bond acceptors (Lipinski definition) is 5. The predicted molar refractivity (Wildman–Crippen MR) is 116 cm³/mol. The zero-order valence-electron chi connectivity index (χ0n) is 18.2. The van der Waals surface area contributed by atoms with Crippen molar-refractivity contribution in [3.63, 3.8) is 0 Å². The third-order valence-electron chi connectivity index (χ3n) is 6.18. The minimum Gasteiger partial charge on any atom is -0.427 e. The number of fused-ring (bicyclic) bond motifs is 2. The lowest BCUT2D eigenvalue weighted by Crippen LogP contribution is -2.51. The number of halogens is 5. The van der Waals surface area contributed by atoms with Crippen LogP contribution in [0.3, 0.4) is 0 Å². The monoisotopic (exact) mass is 558 g/mol. The molecular formula is C23H19BrF4N2O5. The van der Waals surface area contributed by atoms with E-state index in [0.29, 0.717) is 19.8 Å². The Hall–Kier alpha value is -2.99. The number of carbonyl (C=O) groups is 3. The molecule has 0 aromatic heterocycles. The molecule has 7 nitrogen and oxygen atoms in total. The second kappa shape index (κ2) is 8.90. The van der Waals surface area contributed by atoms with Crippen molar-refractivity contribution in [3.8, 4) is 0 Å². The van der Waals surface area contributed by atoms with E-state index in [2.05, 4.69) is 15.9 Å². The summed E-state index contributed by atoms with van der Waals surface area (Å²) < 4.78 is 59.7. The van der Waals surface area contributed by atoms with Crippen LogP contribution >= 0.6 is 15.9 Å². The number of amides is 3. The lowest BCUT2D eigenvalue weighted by atomic mass is 9.95. The van der Waals surface area contributed by atoms with Crippen molar-refractivity contribution in [2.24, 2.45) is 0 Å². The van der Waals surface area contributed by atoms with Gasteiger partial charge >= 0.3 is 12.3 Å². The van der Waals surface area contributed by atoms with Crippen LogP contribution in [0.2, 0.25) is 0 Å². The normalized spacial score (nSPS) is 22.4. The first-order valence-corrected chi connectivity index (χ1v) is 11.3. The van der Waals surface area contributed by atoms with Crippen LogP contribution in [0.25, 0.3) is 0 Å². The smallest absolute Gasteiger partial charge is 0.418 e. The summed E-state index contributed by atoms with van der Waals surface area (Å²) in [5.41, 5.74) is -1.05. The molecule has 35 heavy (non-hydrogen) atoms. The first-order valence-electron chi connectivity index (χ1n) is 10.5. The summed E-state index contributed by atoms with van der Waals surface area (Å²) in [5, 5.41) is 10.4. The molecule has 186 valence electrons. The molecular weight excluding hydrogens is 540 g/mol. The second-order valence-electron chi connectivity index (χ2n) is 8.40. The molecule has 0 bridgehead atoms. The highest BCUT2D eigenvalue weighted by molar-refractivity contribution is 9.10. The van der Waals surface area contributed by atoms with Crippen LogP contribution in [0.4, 0.5) is 22.4 Å². The topological polar surface area (TPSA) is 87.2 Å². The van der Waals surface area contributed by atoms with Crippen molar-refractivity contribution in [2.45, 2.75) is 43.8 Å². The molecule has 1 aliphatic heterocycles. The van der Waals surface area contributed by atoms with Gasteiger partial charge in [-0.25, -0.2) is 14.1 Å². The van der Waals surface area contributed by atoms with Gasteiger partial charge in [-0.1, -0.05) is 34.1 Å². The molecule has 3 atom stereocenters. The van der Waals surface area contributed by atoms with Gasteiger partial charge in [-0.05, 0) is 42.3 Å². The largest absolute Gasteiger partial charge is 0.427 e. The van der Waals surface area contributed by atoms with E-state index in [1.54, 1.807) is 12.1 Å². The van der Waals surface area contributed by atoms with Crippen LogP contribution in [-0.4, -0.2) is 51.6 Å². The van der Waals surface area contributed by atoms with E-state index < -0.39 is 60.7 Å². The van der Waals surface area contributed by atoms with Crippen molar-refractivity contribution in [3.05, 3.63) is 69.4 Å². The number of benzene rings is 2. The van der Waals surface area contributed by atoms with Gasteiger partial charge in [0.1, 0.15) is 18.4 Å². The average molecular weight is 559 g/mol. The average Bonchev–Trinajstić information content (AvgIpc) is 3.19. The highest BCUT2D eigenvalue weighted by Gasteiger charge is 2.61. The van der Waals surface area contributed by atoms with Gasteiger partial charge in [-0.3, -0.25) is 9.59 Å². The summed E-state index contributed by atoms with van der Waals surface area (Å²) in [4.78, 5) is 39.8. The molecule has 4 rings (SSSR count). The summed E-state index contributed by atoms with van der Waals surface area (Å²) in [6.07, 6.45) is -7.41. The number of aliphatic hydroxyl groups excluding tert-OH is 1. The van der Waals surface area contributed by atoms with Crippen molar-refractivity contribution in [1.82, 2.24) is 9.80 Å². The first-order chi connectivity index (χ1) is 16.3. The molecule has 1 fully saturated rings. The summed E-state index contributed by atoms with van der Waals surface area (Å²) in [7, 11) is 0. The lowest BCUT2D eigenvalue weighted by molar-refractivity contribution is -0.187. The molecule has 2 aliphatic rings. The van der Waals surface area contributed by atoms with Gasteiger partial charge in [-0.2, -0.15) is 13.2 Å². The Bertz CT molecular complexity index is 1190. The van der Waals surface area contributed by atoms with Crippen molar-refractivity contribution in [1.29, 1.82) is 0 Å². The molecule has 1 spiro atoms. The number of hydrogen-bond donors (Lipinski definition) is 1. The fourth-order valence-corrected chi connectivity index (χ4v) is 4.66. The van der Waals surface area contributed by atoms with Crippen molar-refractivity contribution in [2.75, 3.05) is 6.54 Å². The van der Waals surface area contributed by atoms with Crippen LogP contribution in [0.15, 0.2) is 46.9 Å². The maximum Gasteiger partial charge on any atom is 0.418 e. The van der Waals surface area contributed by atoms with Gasteiger partial charge in [0.2, 0.25) is 11.5 Å². The number of imide groups is 1. The van der Waals surface area contributed by atoms with E-state index in [1.807, 2.05) is 0 Å². The fraction of sp³-hybridized carbons (Fsp3) is 0.348. The minimum atomic E-state index is -4.80. The molecule has 3 amide bonds. The van der Waals surface area contributed by atoms with Gasteiger partial charge < -0.3 is 14.7 Å². The molecule has 0 unspecified atom stereocenters. The molecule has 2 aromatic rings. The molecule has 1 heterocycles. The molecule has 1 N–H and O–H groups in total. The summed E-state index contributed by atoms with van der Waals surface area (Å²) >= 11 is 3.26. The highest BCUT2D eigenvalue weighted by atomic mass is 79.9. The first kappa shape index (κ1) is 25.1. The maximum atomic E-state index is 13.5. The third-order valence-corrected chi connectivity index (χ3v) is 6.68. The highest BCUT2D eigenvalue weighted by Crippen LogP contribution is 2.50. The van der Waals surface area contributed by atoms with Crippen LogP contribution < -0.4 is 0 Å².